The summed E-state index contributed by atoms with van der Waals surface area (Å²) in [6.07, 6.45) is 134. The summed E-state index contributed by atoms with van der Waals surface area (Å²) in [4.78, 5) is 24.7. The molecule has 5 heteroatoms. The van der Waals surface area contributed by atoms with Gasteiger partial charge in [0.15, 0.2) is 6.10 Å². The Morgan fingerprint density at radius 1 is 0.240 bits per heavy atom. The van der Waals surface area contributed by atoms with Gasteiger partial charge in [0, 0.05) is 12.8 Å². The Bertz CT molecular complexity index is 2240. The molecule has 1 N–H and O–H groups in total. The molecule has 0 rings (SSSR count). The Labute approximate surface area is 593 Å². The lowest BCUT2D eigenvalue weighted by atomic mass is 10.0. The lowest BCUT2D eigenvalue weighted by Gasteiger charge is -2.15. The number of hydrogen-bond acceptors (Lipinski definition) is 5. The molecule has 538 valence electrons. The van der Waals surface area contributed by atoms with E-state index < -0.39 is 6.10 Å². The largest absolute Gasteiger partial charge is 0.462 e. The predicted molar refractivity (Wildman–Crippen MR) is 425 cm³/mol. The van der Waals surface area contributed by atoms with Gasteiger partial charge >= 0.3 is 11.9 Å². The van der Waals surface area contributed by atoms with E-state index in [4.69, 9.17) is 9.47 Å². The first-order chi connectivity index (χ1) is 47.6. The van der Waals surface area contributed by atoms with Gasteiger partial charge in [-0.1, -0.05) is 374 Å². The summed E-state index contributed by atoms with van der Waals surface area (Å²) in [5.41, 5.74) is 0. The highest BCUT2D eigenvalue weighted by atomic mass is 16.6. The number of unbranched alkanes of at least 4 members (excludes halogenated alkanes) is 26. The summed E-state index contributed by atoms with van der Waals surface area (Å²) in [5, 5.41) is 9.73. The highest BCUT2D eigenvalue weighted by Crippen LogP contribution is 2.17. The lowest BCUT2D eigenvalue weighted by Crippen LogP contribution is -2.28. The fraction of sp³-hybridized carbons (Fsp3) is 0.582. The van der Waals surface area contributed by atoms with E-state index in [0.717, 1.165) is 154 Å². The van der Waals surface area contributed by atoms with Crippen LogP contribution in [0.3, 0.4) is 0 Å². The molecular weight excluding hydrogens is 1170 g/mol. The van der Waals surface area contributed by atoms with Crippen molar-refractivity contribution in [3.63, 3.8) is 0 Å². The Balaban J connectivity index is 3.55. The third-order valence-corrected chi connectivity index (χ3v) is 16.3. The van der Waals surface area contributed by atoms with Gasteiger partial charge in [-0.3, -0.25) is 9.59 Å². The minimum absolute atomic E-state index is 0.0770. The van der Waals surface area contributed by atoms with Crippen LogP contribution in [-0.4, -0.2) is 36.4 Å². The summed E-state index contributed by atoms with van der Waals surface area (Å²) in [7, 11) is 0. The third kappa shape index (κ3) is 80.7. The Kier molecular flexibility index (Phi) is 78.4. The molecule has 0 heterocycles. The van der Waals surface area contributed by atoms with Crippen LogP contribution in [0.1, 0.15) is 322 Å². The van der Waals surface area contributed by atoms with E-state index in [1.54, 1.807) is 0 Å². The van der Waals surface area contributed by atoms with Crippen molar-refractivity contribution >= 4 is 11.9 Å². The maximum absolute atomic E-state index is 12.4. The zero-order valence-electron chi connectivity index (χ0n) is 61.8. The van der Waals surface area contributed by atoms with Crippen LogP contribution in [-0.2, 0) is 19.1 Å². The molecule has 0 fully saturated rings. The number of esters is 2. The second-order valence-corrected chi connectivity index (χ2v) is 25.3. The zero-order valence-corrected chi connectivity index (χ0v) is 61.8. The molecule has 0 aromatic carbocycles. The summed E-state index contributed by atoms with van der Waals surface area (Å²) >= 11 is 0. The Morgan fingerprint density at radius 3 is 0.625 bits per heavy atom. The van der Waals surface area contributed by atoms with Gasteiger partial charge in [0.2, 0.25) is 0 Å². The number of carbonyl (C=O) groups is 2. The van der Waals surface area contributed by atoms with Gasteiger partial charge in [-0.25, -0.2) is 0 Å². The van der Waals surface area contributed by atoms with E-state index in [9.17, 15) is 14.7 Å². The smallest absolute Gasteiger partial charge is 0.306 e. The van der Waals surface area contributed by atoms with Crippen molar-refractivity contribution in [1.82, 2.24) is 0 Å². The SMILES string of the molecule is CC/C=C\C/C=C\C/C=C\C/C=C\C/C=C\C/C=C\C/C=C\C/C=C\C/C=C\C/C=C\CCCCCCCCCCCCC(=O)OC(CO)COC(=O)CCCCCCCCCCCCCCCCCC/C=C\C/C=C\C/C=C\C/C=C\C/C=C\C/C=C\C/C=C\C/C=C\CC. The molecule has 0 saturated heterocycles. The molecule has 0 radical (unpaired) electrons. The van der Waals surface area contributed by atoms with Crippen molar-refractivity contribution in [3.8, 4) is 0 Å². The summed E-state index contributed by atoms with van der Waals surface area (Å²) < 4.78 is 10.8. The molecule has 1 unspecified atom stereocenters. The van der Waals surface area contributed by atoms with Crippen LogP contribution < -0.4 is 0 Å². The van der Waals surface area contributed by atoms with Gasteiger partial charge in [-0.05, 0) is 154 Å². The van der Waals surface area contributed by atoms with Gasteiger partial charge in [-0.2, -0.15) is 0 Å². The topological polar surface area (TPSA) is 72.8 Å². The predicted octanol–water partition coefficient (Wildman–Crippen LogP) is 28.2. The fourth-order valence-corrected chi connectivity index (χ4v) is 10.5. The minimum atomic E-state index is -0.790. The molecule has 0 bridgehead atoms. The first kappa shape index (κ1) is 90.2. The van der Waals surface area contributed by atoms with Crippen molar-refractivity contribution in [3.05, 3.63) is 219 Å². The van der Waals surface area contributed by atoms with E-state index >= 15 is 0 Å². The van der Waals surface area contributed by atoms with Gasteiger partial charge in [-0.15, -0.1) is 0 Å². The van der Waals surface area contributed by atoms with Crippen LogP contribution in [0.4, 0.5) is 0 Å². The lowest BCUT2D eigenvalue weighted by molar-refractivity contribution is -0.161. The standard InChI is InChI=1S/C91H144O5/c1-3-5-7-9-11-13-15-17-19-21-23-25-27-29-31-33-35-37-39-41-43-45-47-49-51-53-55-57-59-61-63-65-67-69-71-73-75-77-79-81-83-85-90(93)95-88-89(87-92)96-91(94)86-84-82-80-78-76-74-72-70-68-66-64-62-60-58-56-54-52-50-48-46-44-42-40-38-36-34-32-30-28-26-24-22-20-18-16-14-12-10-8-6-4-2/h5-8,11-14,17-20,23-26,29-32,35-38,41-44,47-50,54,56,60,62,89,92H,3-4,9-10,15-16,21-22,27-28,33-34,39-40,45-46,51-53,55,57-59,61,63-88H2,1-2H3/b7-5-,8-6-,13-11-,14-12-,19-17-,20-18-,25-23-,26-24-,31-29-,32-30-,37-35-,38-36-,43-41-,44-42-,49-47-,50-48-,56-54-,62-60-. The molecule has 0 aliphatic heterocycles. The van der Waals surface area contributed by atoms with Crippen LogP contribution in [0.5, 0.6) is 0 Å². The first-order valence-electron chi connectivity index (χ1n) is 39.3. The number of allylic oxidation sites excluding steroid dienone is 36. The van der Waals surface area contributed by atoms with E-state index in [1.165, 1.54) is 141 Å². The quantitative estimate of drug-likeness (QED) is 0.0373. The molecule has 0 aliphatic carbocycles. The van der Waals surface area contributed by atoms with Crippen molar-refractivity contribution in [2.45, 2.75) is 328 Å². The summed E-state index contributed by atoms with van der Waals surface area (Å²) in [5.74, 6) is -0.599. The molecule has 0 aromatic heterocycles. The first-order valence-corrected chi connectivity index (χ1v) is 39.3. The van der Waals surface area contributed by atoms with Crippen molar-refractivity contribution < 1.29 is 24.2 Å². The molecule has 0 aliphatic rings. The maximum atomic E-state index is 12.4. The molecule has 0 aromatic rings. The van der Waals surface area contributed by atoms with E-state index in [1.807, 2.05) is 0 Å². The van der Waals surface area contributed by atoms with E-state index in [0.29, 0.717) is 12.8 Å². The van der Waals surface area contributed by atoms with Crippen LogP contribution >= 0.6 is 0 Å². The Morgan fingerprint density at radius 2 is 0.417 bits per heavy atom. The molecular formula is C91H144O5. The van der Waals surface area contributed by atoms with Crippen molar-refractivity contribution in [1.29, 1.82) is 0 Å². The van der Waals surface area contributed by atoms with Crippen LogP contribution in [0.15, 0.2) is 219 Å². The van der Waals surface area contributed by atoms with E-state index in [2.05, 4.69) is 233 Å². The van der Waals surface area contributed by atoms with Crippen LogP contribution in [0.2, 0.25) is 0 Å². The molecule has 5 nitrogen and oxygen atoms in total. The van der Waals surface area contributed by atoms with Gasteiger partial charge < -0.3 is 14.6 Å². The number of aliphatic hydroxyl groups excluding tert-OH is 1. The molecule has 0 spiro atoms. The Hall–Kier alpha value is -5.78. The highest BCUT2D eigenvalue weighted by molar-refractivity contribution is 5.70. The highest BCUT2D eigenvalue weighted by Gasteiger charge is 2.16. The number of aliphatic hydroxyl groups is 1. The van der Waals surface area contributed by atoms with Crippen molar-refractivity contribution in [2.75, 3.05) is 13.2 Å². The fourth-order valence-electron chi connectivity index (χ4n) is 10.5. The minimum Gasteiger partial charge on any atom is -0.462 e. The van der Waals surface area contributed by atoms with E-state index in [-0.39, 0.29) is 25.2 Å². The number of carbonyl (C=O) groups excluding carboxylic acids is 2. The number of rotatable bonds is 70. The normalized spacial score (nSPS) is 13.5. The number of hydrogen-bond donors (Lipinski definition) is 1. The maximum Gasteiger partial charge on any atom is 0.306 e. The second-order valence-electron chi connectivity index (χ2n) is 25.3. The molecule has 0 saturated carbocycles. The summed E-state index contributed by atoms with van der Waals surface area (Å²) in [6.45, 7) is 3.92. The third-order valence-electron chi connectivity index (χ3n) is 16.3. The zero-order chi connectivity index (χ0) is 69.0. The van der Waals surface area contributed by atoms with Gasteiger partial charge in [0.05, 0.1) is 6.61 Å². The van der Waals surface area contributed by atoms with Gasteiger partial charge in [0.1, 0.15) is 6.61 Å². The monoisotopic (exact) mass is 1320 g/mol. The second kappa shape index (κ2) is 83.4. The molecule has 0 amide bonds. The molecule has 1 atom stereocenters. The summed E-state index contributed by atoms with van der Waals surface area (Å²) in [6, 6.07) is 0. The van der Waals surface area contributed by atoms with Crippen LogP contribution in [0.25, 0.3) is 0 Å². The van der Waals surface area contributed by atoms with Gasteiger partial charge in [0.25, 0.3) is 0 Å². The average Bonchev–Trinajstić information content (AvgIpc) is 3.79. The molecule has 96 heavy (non-hydrogen) atoms. The van der Waals surface area contributed by atoms with Crippen molar-refractivity contribution in [2.24, 2.45) is 0 Å². The average molecular weight is 1320 g/mol. The van der Waals surface area contributed by atoms with Crippen LogP contribution in [0, 0.1) is 0 Å². The number of ether oxygens (including phenoxy) is 2.